The van der Waals surface area contributed by atoms with Crippen LogP contribution >= 0.6 is 34.7 Å². The molecular formula is C21H17ClN4O2S2. The van der Waals surface area contributed by atoms with Gasteiger partial charge in [0.1, 0.15) is 0 Å². The second-order valence-corrected chi connectivity index (χ2v) is 9.06. The largest absolute Gasteiger partial charge is 0.338 e. The minimum atomic E-state index is -0.212. The van der Waals surface area contributed by atoms with Crippen LogP contribution in [0.4, 0.5) is 5.13 Å². The minimum Gasteiger partial charge on any atom is -0.338 e. The molecule has 4 rings (SSSR count). The Kier molecular flexibility index (Phi) is 6.17. The maximum Gasteiger partial charge on any atom is 0.258 e. The smallest absolute Gasteiger partial charge is 0.258 e. The Balaban J connectivity index is 1.50. The standard InChI is InChI=1S/C21H17ClN4O2S2/c1-12-19(14-7-9-15(22)10-8-14)24-21(30-12)25-20(27)16-5-3-4-6-17(16)29-11-18-23-13(2)26-28-18/h3-10H,11H2,1-2H3,(H,24,25,27). The Morgan fingerprint density at radius 1 is 1.13 bits per heavy atom. The van der Waals surface area contributed by atoms with Crippen LogP contribution in [0.5, 0.6) is 0 Å². The normalized spacial score (nSPS) is 10.9. The first-order valence-electron chi connectivity index (χ1n) is 9.05. The van der Waals surface area contributed by atoms with Gasteiger partial charge < -0.3 is 4.52 Å². The third kappa shape index (κ3) is 4.72. The highest BCUT2D eigenvalue weighted by atomic mass is 35.5. The Hall–Kier alpha value is -2.68. The van der Waals surface area contributed by atoms with Gasteiger partial charge in [-0.15, -0.1) is 23.1 Å². The van der Waals surface area contributed by atoms with E-state index in [9.17, 15) is 4.79 Å². The van der Waals surface area contributed by atoms with Gasteiger partial charge in [-0.2, -0.15) is 4.98 Å². The van der Waals surface area contributed by atoms with E-state index in [1.807, 2.05) is 49.4 Å². The van der Waals surface area contributed by atoms with Crippen molar-refractivity contribution in [1.29, 1.82) is 0 Å². The van der Waals surface area contributed by atoms with Gasteiger partial charge in [0.25, 0.3) is 5.91 Å². The zero-order valence-electron chi connectivity index (χ0n) is 16.2. The number of halogens is 1. The number of amides is 1. The van der Waals surface area contributed by atoms with Crippen molar-refractivity contribution in [2.24, 2.45) is 0 Å². The highest BCUT2D eigenvalue weighted by Gasteiger charge is 2.16. The topological polar surface area (TPSA) is 80.9 Å². The number of aromatic nitrogens is 3. The van der Waals surface area contributed by atoms with Crippen LogP contribution in [0.25, 0.3) is 11.3 Å². The van der Waals surface area contributed by atoms with E-state index in [4.69, 9.17) is 16.1 Å². The number of nitrogens with one attached hydrogen (secondary N) is 1. The molecule has 0 spiro atoms. The van der Waals surface area contributed by atoms with Gasteiger partial charge >= 0.3 is 0 Å². The number of aryl methyl sites for hydroxylation is 2. The van der Waals surface area contributed by atoms with E-state index in [1.165, 1.54) is 23.1 Å². The van der Waals surface area contributed by atoms with Crippen LogP contribution in [-0.4, -0.2) is 21.0 Å². The first kappa shape index (κ1) is 20.6. The summed E-state index contributed by atoms with van der Waals surface area (Å²) in [5.74, 6) is 1.39. The summed E-state index contributed by atoms with van der Waals surface area (Å²) < 4.78 is 5.15. The van der Waals surface area contributed by atoms with E-state index in [2.05, 4.69) is 20.4 Å². The van der Waals surface area contributed by atoms with Crippen LogP contribution in [0, 0.1) is 13.8 Å². The van der Waals surface area contributed by atoms with Crippen molar-refractivity contribution in [1.82, 2.24) is 15.1 Å². The van der Waals surface area contributed by atoms with Crippen molar-refractivity contribution in [3.63, 3.8) is 0 Å². The lowest BCUT2D eigenvalue weighted by Gasteiger charge is -2.07. The van der Waals surface area contributed by atoms with Gasteiger partial charge in [0.2, 0.25) is 5.89 Å². The molecule has 30 heavy (non-hydrogen) atoms. The molecule has 0 unspecified atom stereocenters. The van der Waals surface area contributed by atoms with Crippen molar-refractivity contribution in [3.05, 3.63) is 75.7 Å². The quantitative estimate of drug-likeness (QED) is 0.358. The van der Waals surface area contributed by atoms with Crippen molar-refractivity contribution in [2.75, 3.05) is 5.32 Å². The number of thiazole rings is 1. The first-order chi connectivity index (χ1) is 14.5. The summed E-state index contributed by atoms with van der Waals surface area (Å²) in [6, 6.07) is 14.9. The number of nitrogens with zero attached hydrogens (tertiary/aromatic N) is 3. The summed E-state index contributed by atoms with van der Waals surface area (Å²) in [7, 11) is 0. The maximum absolute atomic E-state index is 12.9. The molecule has 0 radical (unpaired) electrons. The number of thioether (sulfide) groups is 1. The summed E-state index contributed by atoms with van der Waals surface area (Å²) in [6.45, 7) is 3.75. The van der Waals surface area contributed by atoms with Crippen LogP contribution < -0.4 is 5.32 Å². The van der Waals surface area contributed by atoms with Crippen molar-refractivity contribution in [2.45, 2.75) is 24.5 Å². The van der Waals surface area contributed by atoms with Gasteiger partial charge in [0, 0.05) is 20.4 Å². The van der Waals surface area contributed by atoms with Crippen LogP contribution in [0.15, 0.2) is 57.9 Å². The Morgan fingerprint density at radius 3 is 2.63 bits per heavy atom. The molecule has 4 aromatic rings. The van der Waals surface area contributed by atoms with Gasteiger partial charge in [-0.3, -0.25) is 10.1 Å². The fourth-order valence-electron chi connectivity index (χ4n) is 2.81. The average Bonchev–Trinajstić information content (AvgIpc) is 3.32. The molecule has 0 fully saturated rings. The molecule has 0 saturated heterocycles. The molecule has 0 aliphatic carbocycles. The zero-order chi connectivity index (χ0) is 21.1. The lowest BCUT2D eigenvalue weighted by molar-refractivity contribution is 0.102. The minimum absolute atomic E-state index is 0.212. The summed E-state index contributed by atoms with van der Waals surface area (Å²) in [4.78, 5) is 23.6. The van der Waals surface area contributed by atoms with Gasteiger partial charge in [0.15, 0.2) is 11.0 Å². The number of hydrogen-bond donors (Lipinski definition) is 1. The second kappa shape index (κ2) is 8.99. The molecule has 2 aromatic carbocycles. The predicted molar refractivity (Wildman–Crippen MR) is 120 cm³/mol. The lowest BCUT2D eigenvalue weighted by atomic mass is 10.1. The number of hydrogen-bond acceptors (Lipinski definition) is 7. The van der Waals surface area contributed by atoms with E-state index < -0.39 is 0 Å². The van der Waals surface area contributed by atoms with Crippen molar-refractivity contribution < 1.29 is 9.32 Å². The SMILES string of the molecule is Cc1noc(CSc2ccccc2C(=O)Nc2nc(-c3ccc(Cl)cc3)c(C)s2)n1. The molecule has 0 aliphatic rings. The highest BCUT2D eigenvalue weighted by Crippen LogP contribution is 2.32. The third-order valence-corrected chi connectivity index (χ3v) is 6.38. The molecule has 0 saturated carbocycles. The average molecular weight is 457 g/mol. The van der Waals surface area contributed by atoms with E-state index in [-0.39, 0.29) is 5.91 Å². The Morgan fingerprint density at radius 2 is 1.90 bits per heavy atom. The molecule has 1 N–H and O–H groups in total. The third-order valence-electron chi connectivity index (χ3n) is 4.19. The molecule has 0 bridgehead atoms. The predicted octanol–water partition coefficient (Wildman–Crippen LogP) is 6.01. The van der Waals surface area contributed by atoms with E-state index >= 15 is 0 Å². The van der Waals surface area contributed by atoms with Crippen molar-refractivity contribution >= 4 is 45.7 Å². The molecule has 9 heteroatoms. The van der Waals surface area contributed by atoms with Crippen LogP contribution in [0.1, 0.15) is 27.0 Å². The maximum atomic E-state index is 12.9. The fraction of sp³-hybridized carbons (Fsp3) is 0.143. The summed E-state index contributed by atoms with van der Waals surface area (Å²) in [5.41, 5.74) is 2.36. The van der Waals surface area contributed by atoms with Gasteiger partial charge in [0.05, 0.1) is 17.0 Å². The summed E-state index contributed by atoms with van der Waals surface area (Å²) in [5, 5.41) is 7.93. The second-order valence-electron chi connectivity index (χ2n) is 6.40. The number of rotatable bonds is 6. The Bertz CT molecular complexity index is 1190. The molecule has 2 heterocycles. The monoisotopic (exact) mass is 456 g/mol. The molecule has 6 nitrogen and oxygen atoms in total. The van der Waals surface area contributed by atoms with Crippen LogP contribution in [0.3, 0.4) is 0 Å². The Labute approximate surface area is 186 Å². The van der Waals surface area contributed by atoms with E-state index in [0.717, 1.165) is 21.0 Å². The molecule has 0 atom stereocenters. The van der Waals surface area contributed by atoms with E-state index in [0.29, 0.717) is 33.2 Å². The van der Waals surface area contributed by atoms with Crippen LogP contribution in [-0.2, 0) is 5.75 Å². The lowest BCUT2D eigenvalue weighted by Crippen LogP contribution is -2.12. The molecule has 2 aromatic heterocycles. The zero-order valence-corrected chi connectivity index (χ0v) is 18.6. The molecule has 0 aliphatic heterocycles. The van der Waals surface area contributed by atoms with Gasteiger partial charge in [-0.25, -0.2) is 4.98 Å². The first-order valence-corrected chi connectivity index (χ1v) is 11.2. The van der Waals surface area contributed by atoms with Crippen LogP contribution in [0.2, 0.25) is 5.02 Å². The number of anilines is 1. The highest BCUT2D eigenvalue weighted by molar-refractivity contribution is 7.98. The van der Waals surface area contributed by atoms with Gasteiger partial charge in [-0.05, 0) is 38.1 Å². The molecular weight excluding hydrogens is 440 g/mol. The molecule has 1 amide bonds. The van der Waals surface area contributed by atoms with E-state index in [1.54, 1.807) is 13.0 Å². The fourth-order valence-corrected chi connectivity index (χ4v) is 4.65. The van der Waals surface area contributed by atoms with Crippen molar-refractivity contribution in [3.8, 4) is 11.3 Å². The summed E-state index contributed by atoms with van der Waals surface area (Å²) >= 11 is 8.88. The number of benzene rings is 2. The van der Waals surface area contributed by atoms with Gasteiger partial charge in [-0.1, -0.05) is 41.0 Å². The number of carbonyl (C=O) groups is 1. The molecule has 152 valence electrons. The summed E-state index contributed by atoms with van der Waals surface area (Å²) in [6.07, 6.45) is 0. The number of carbonyl (C=O) groups excluding carboxylic acids is 1.